The predicted molar refractivity (Wildman–Crippen MR) is 77.5 cm³/mol. The van der Waals surface area contributed by atoms with E-state index in [1.807, 2.05) is 0 Å². The highest BCUT2D eigenvalue weighted by molar-refractivity contribution is 7.90. The largest absolute Gasteiger partial charge is 0.303 e. The molecule has 0 unspecified atom stereocenters. The Bertz CT molecular complexity index is 700. The maximum Gasteiger partial charge on any atom is 0.299 e. The van der Waals surface area contributed by atoms with Gasteiger partial charge in [-0.25, -0.2) is 8.42 Å². The minimum Gasteiger partial charge on any atom is -0.303 e. The van der Waals surface area contributed by atoms with Crippen molar-refractivity contribution in [3.8, 4) is 0 Å². The molecule has 1 aromatic rings. The number of anilines is 1. The molecule has 0 aliphatic carbocycles. The summed E-state index contributed by atoms with van der Waals surface area (Å²) in [6.45, 7) is 0.102. The van der Waals surface area contributed by atoms with Gasteiger partial charge >= 0.3 is 0 Å². The lowest BCUT2D eigenvalue weighted by atomic mass is 10.1. The van der Waals surface area contributed by atoms with Crippen LogP contribution in [0.25, 0.3) is 0 Å². The first kappa shape index (κ1) is 15.3. The van der Waals surface area contributed by atoms with Crippen LogP contribution in [0.15, 0.2) is 12.1 Å². The van der Waals surface area contributed by atoms with Crippen LogP contribution in [0.4, 0.5) is 5.69 Å². The lowest BCUT2D eigenvalue weighted by Gasteiger charge is -2.17. The smallest absolute Gasteiger partial charge is 0.299 e. The molecule has 108 valence electrons. The number of halogens is 2. The Morgan fingerprint density at radius 3 is 2.35 bits per heavy atom. The number of Topliss-reactive ketones (excluding diaryl/α,β-unsaturated/α-hetero) is 1. The van der Waals surface area contributed by atoms with Crippen LogP contribution < -0.4 is 4.90 Å². The van der Waals surface area contributed by atoms with Gasteiger partial charge in [0.25, 0.3) is 11.7 Å². The fourth-order valence-corrected chi connectivity index (χ4v) is 3.20. The molecule has 0 bridgehead atoms. The number of benzene rings is 1. The van der Waals surface area contributed by atoms with Crippen molar-refractivity contribution in [3.05, 3.63) is 27.7 Å². The van der Waals surface area contributed by atoms with Gasteiger partial charge in [0.05, 0.1) is 27.0 Å². The Morgan fingerprint density at radius 2 is 1.75 bits per heavy atom. The zero-order valence-corrected chi connectivity index (χ0v) is 12.8. The van der Waals surface area contributed by atoms with Gasteiger partial charge in [0.2, 0.25) is 0 Å². The van der Waals surface area contributed by atoms with Crippen molar-refractivity contribution in [3.63, 3.8) is 0 Å². The van der Waals surface area contributed by atoms with E-state index in [2.05, 4.69) is 0 Å². The molecule has 0 saturated heterocycles. The molecule has 1 aliphatic heterocycles. The van der Waals surface area contributed by atoms with Gasteiger partial charge in [-0.1, -0.05) is 23.2 Å². The topological polar surface area (TPSA) is 71.5 Å². The number of carbonyl (C=O) groups is 2. The van der Waals surface area contributed by atoms with Crippen LogP contribution >= 0.6 is 23.2 Å². The van der Waals surface area contributed by atoms with Crippen molar-refractivity contribution in [2.24, 2.45) is 0 Å². The summed E-state index contributed by atoms with van der Waals surface area (Å²) in [7, 11) is -3.12. The molecule has 1 aromatic carbocycles. The molecule has 20 heavy (non-hydrogen) atoms. The number of ketones is 1. The third-order valence-electron chi connectivity index (χ3n) is 2.91. The number of hydrogen-bond acceptors (Lipinski definition) is 4. The Labute approximate surface area is 126 Å². The van der Waals surface area contributed by atoms with Gasteiger partial charge in [-0.15, -0.1) is 0 Å². The molecule has 0 atom stereocenters. The maximum absolute atomic E-state index is 11.9. The van der Waals surface area contributed by atoms with Crippen molar-refractivity contribution >= 4 is 50.4 Å². The molecule has 1 heterocycles. The molecule has 0 aromatic heterocycles. The first-order valence-corrected chi connectivity index (χ1v) is 8.56. The van der Waals surface area contributed by atoms with Gasteiger partial charge in [0, 0.05) is 12.8 Å². The quantitative estimate of drug-likeness (QED) is 0.788. The number of hydrogen-bond donors (Lipinski definition) is 0. The first-order valence-electron chi connectivity index (χ1n) is 5.74. The van der Waals surface area contributed by atoms with Crippen molar-refractivity contribution in [2.75, 3.05) is 23.5 Å². The maximum atomic E-state index is 11.9. The van der Waals surface area contributed by atoms with E-state index >= 15 is 0 Å². The van der Waals surface area contributed by atoms with E-state index in [0.29, 0.717) is 0 Å². The van der Waals surface area contributed by atoms with E-state index in [-0.39, 0.29) is 40.0 Å². The molecule has 1 aliphatic rings. The summed E-state index contributed by atoms with van der Waals surface area (Å²) in [5, 5.41) is 0.399. The normalized spacial score (nSPS) is 14.8. The average molecular weight is 336 g/mol. The second kappa shape index (κ2) is 5.35. The summed E-state index contributed by atoms with van der Waals surface area (Å²) in [6.07, 6.45) is 1.34. The minimum absolute atomic E-state index is 0.0709. The van der Waals surface area contributed by atoms with E-state index in [9.17, 15) is 18.0 Å². The minimum atomic E-state index is -3.12. The zero-order valence-electron chi connectivity index (χ0n) is 10.5. The van der Waals surface area contributed by atoms with E-state index in [1.165, 1.54) is 17.0 Å². The molecule has 2 rings (SSSR count). The molecule has 0 radical (unpaired) electrons. The Balaban J connectivity index is 2.31. The summed E-state index contributed by atoms with van der Waals surface area (Å²) in [5.74, 6) is -1.52. The molecule has 5 nitrogen and oxygen atoms in total. The summed E-state index contributed by atoms with van der Waals surface area (Å²) in [5.41, 5.74) is 0.353. The second-order valence-corrected chi connectivity index (χ2v) is 7.60. The fraction of sp³-hybridized carbons (Fsp3) is 0.333. The van der Waals surface area contributed by atoms with Crippen LogP contribution in [0.2, 0.25) is 10.0 Å². The molecule has 0 spiro atoms. The number of amides is 1. The highest BCUT2D eigenvalue weighted by Crippen LogP contribution is 2.39. The van der Waals surface area contributed by atoms with Crippen LogP contribution in [-0.4, -0.2) is 38.7 Å². The van der Waals surface area contributed by atoms with Gasteiger partial charge in [-0.3, -0.25) is 9.59 Å². The third kappa shape index (κ3) is 2.82. The van der Waals surface area contributed by atoms with E-state index in [1.54, 1.807) is 0 Å². The lowest BCUT2D eigenvalue weighted by molar-refractivity contribution is -0.114. The van der Waals surface area contributed by atoms with Gasteiger partial charge in [0.1, 0.15) is 9.84 Å². The average Bonchev–Trinajstić information content (AvgIpc) is 2.58. The number of sulfone groups is 1. The molecule has 0 N–H and O–H groups in total. The summed E-state index contributed by atoms with van der Waals surface area (Å²) < 4.78 is 22.2. The summed E-state index contributed by atoms with van der Waals surface area (Å²) in [6, 6.07) is 2.95. The second-order valence-electron chi connectivity index (χ2n) is 4.52. The third-order valence-corrected chi connectivity index (χ3v) is 4.56. The Kier molecular flexibility index (Phi) is 4.09. The van der Waals surface area contributed by atoms with Crippen LogP contribution in [0, 0.1) is 0 Å². The Hall–Kier alpha value is -1.11. The molecule has 1 amide bonds. The van der Waals surface area contributed by atoms with E-state index in [0.717, 1.165) is 6.26 Å². The summed E-state index contributed by atoms with van der Waals surface area (Å²) in [4.78, 5) is 25.0. The van der Waals surface area contributed by atoms with Crippen LogP contribution in [0.5, 0.6) is 0 Å². The molecular weight excluding hydrogens is 325 g/mol. The SMILES string of the molecule is CS(=O)(=O)CCCN1C(=O)C(=O)c2c(Cl)ccc(Cl)c21. The van der Waals surface area contributed by atoms with Gasteiger partial charge in [0.15, 0.2) is 0 Å². The summed E-state index contributed by atoms with van der Waals surface area (Å²) >= 11 is 11.9. The van der Waals surface area contributed by atoms with Crippen molar-refractivity contribution in [1.82, 2.24) is 0 Å². The van der Waals surface area contributed by atoms with Crippen molar-refractivity contribution < 1.29 is 18.0 Å². The van der Waals surface area contributed by atoms with Gasteiger partial charge in [-0.05, 0) is 18.6 Å². The highest BCUT2D eigenvalue weighted by atomic mass is 35.5. The monoisotopic (exact) mass is 335 g/mol. The molecular formula is C12H11Cl2NO4S. The predicted octanol–water partition coefficient (Wildman–Crippen LogP) is 1.96. The number of fused-ring (bicyclic) bond motifs is 1. The van der Waals surface area contributed by atoms with Gasteiger partial charge in [-0.2, -0.15) is 0 Å². The van der Waals surface area contributed by atoms with Crippen molar-refractivity contribution in [2.45, 2.75) is 6.42 Å². The van der Waals surface area contributed by atoms with E-state index < -0.39 is 21.5 Å². The fourth-order valence-electron chi connectivity index (χ4n) is 2.05. The Morgan fingerprint density at radius 1 is 1.15 bits per heavy atom. The number of carbonyl (C=O) groups excluding carboxylic acids is 2. The van der Waals surface area contributed by atoms with Crippen molar-refractivity contribution in [1.29, 1.82) is 0 Å². The van der Waals surface area contributed by atoms with Crippen LogP contribution in [0.1, 0.15) is 16.8 Å². The first-order chi connectivity index (χ1) is 9.22. The lowest BCUT2D eigenvalue weighted by Crippen LogP contribution is -2.31. The van der Waals surface area contributed by atoms with Gasteiger partial charge < -0.3 is 4.90 Å². The zero-order chi connectivity index (χ0) is 15.1. The number of nitrogens with zero attached hydrogens (tertiary/aromatic N) is 1. The standard InChI is InChI=1S/C12H11Cl2NO4S/c1-20(18,19)6-2-5-15-10-8(14)4-3-7(13)9(10)11(16)12(15)17/h3-4H,2,5-6H2,1H3. The molecule has 8 heteroatoms. The van der Waals surface area contributed by atoms with Crippen LogP contribution in [0.3, 0.4) is 0 Å². The molecule has 0 saturated carbocycles. The molecule has 0 fully saturated rings. The van der Waals surface area contributed by atoms with E-state index in [4.69, 9.17) is 23.2 Å². The number of rotatable bonds is 4. The van der Waals surface area contributed by atoms with Crippen LogP contribution in [-0.2, 0) is 14.6 Å². The highest BCUT2D eigenvalue weighted by Gasteiger charge is 2.38.